The first kappa shape index (κ1) is 19.1. The van der Waals surface area contributed by atoms with Gasteiger partial charge >= 0.3 is 0 Å². The molecule has 1 heterocycles. The minimum atomic E-state index is -0.400. The van der Waals surface area contributed by atoms with Crippen LogP contribution in [0.25, 0.3) is 0 Å². The van der Waals surface area contributed by atoms with Gasteiger partial charge in [0.25, 0.3) is 5.91 Å². The maximum absolute atomic E-state index is 12.4. The van der Waals surface area contributed by atoms with Gasteiger partial charge in [-0.05, 0) is 41.8 Å². The summed E-state index contributed by atoms with van der Waals surface area (Å²) in [6, 6.07) is 14.3. The third-order valence-electron chi connectivity index (χ3n) is 4.62. The third-order valence-corrected chi connectivity index (χ3v) is 5.15. The number of benzene rings is 2. The molecule has 0 saturated heterocycles. The second-order valence-corrected chi connectivity index (χ2v) is 7.31. The number of fused-ring (bicyclic) bond motifs is 1. The lowest BCUT2D eigenvalue weighted by atomic mass is 9.90. The van der Waals surface area contributed by atoms with E-state index in [1.54, 1.807) is 29.2 Å². The minimum absolute atomic E-state index is 0.0683. The Bertz CT molecular complexity index is 867. The van der Waals surface area contributed by atoms with Crippen LogP contribution in [-0.4, -0.2) is 29.2 Å². The fraction of sp³-hybridized carbons (Fsp3) is 0.250. The predicted octanol–water partition coefficient (Wildman–Crippen LogP) is 2.75. The zero-order valence-corrected chi connectivity index (χ0v) is 16.5. The van der Waals surface area contributed by atoms with E-state index in [0.717, 1.165) is 22.0 Å². The van der Waals surface area contributed by atoms with Crippen LogP contribution in [0.2, 0.25) is 0 Å². The molecule has 0 bridgehead atoms. The highest BCUT2D eigenvalue weighted by Crippen LogP contribution is 2.32. The molecule has 27 heavy (non-hydrogen) atoms. The van der Waals surface area contributed by atoms with Gasteiger partial charge in [-0.15, -0.1) is 0 Å². The van der Waals surface area contributed by atoms with Gasteiger partial charge in [0, 0.05) is 23.5 Å². The Balaban J connectivity index is 1.66. The van der Waals surface area contributed by atoms with E-state index >= 15 is 0 Å². The zero-order chi connectivity index (χ0) is 19.4. The molecule has 1 aliphatic rings. The van der Waals surface area contributed by atoms with Crippen molar-refractivity contribution in [3.63, 3.8) is 0 Å². The summed E-state index contributed by atoms with van der Waals surface area (Å²) in [5.41, 5.74) is 7.43. The first-order chi connectivity index (χ1) is 13.0. The van der Waals surface area contributed by atoms with E-state index in [9.17, 15) is 14.4 Å². The molecule has 2 N–H and O–H groups in total. The highest BCUT2D eigenvalue weighted by Gasteiger charge is 2.30. The van der Waals surface area contributed by atoms with Gasteiger partial charge in [0.15, 0.2) is 0 Å². The summed E-state index contributed by atoms with van der Waals surface area (Å²) in [5.74, 6) is -0.821. The van der Waals surface area contributed by atoms with Crippen molar-refractivity contribution in [2.24, 2.45) is 0 Å². The number of halogens is 1. The van der Waals surface area contributed by atoms with Crippen molar-refractivity contribution in [1.82, 2.24) is 15.8 Å². The van der Waals surface area contributed by atoms with Gasteiger partial charge in [0.1, 0.15) is 0 Å². The summed E-state index contributed by atoms with van der Waals surface area (Å²) in [5, 5.41) is 0. The Morgan fingerprint density at radius 3 is 2.48 bits per heavy atom. The highest BCUT2D eigenvalue weighted by atomic mass is 79.9. The quantitative estimate of drug-likeness (QED) is 0.736. The molecule has 0 radical (unpaired) electrons. The molecular formula is C20H20BrN3O3. The van der Waals surface area contributed by atoms with E-state index < -0.39 is 5.91 Å². The topological polar surface area (TPSA) is 78.5 Å². The number of hydrogen-bond donors (Lipinski definition) is 2. The Labute approximate surface area is 166 Å². The molecule has 0 spiro atoms. The summed E-state index contributed by atoms with van der Waals surface area (Å²) >= 11 is 3.31. The molecule has 1 aliphatic heterocycles. The van der Waals surface area contributed by atoms with Crippen LogP contribution in [0.1, 0.15) is 40.9 Å². The van der Waals surface area contributed by atoms with Crippen LogP contribution in [0.3, 0.4) is 0 Å². The molecule has 0 saturated carbocycles. The van der Waals surface area contributed by atoms with Gasteiger partial charge < -0.3 is 4.90 Å². The van der Waals surface area contributed by atoms with Gasteiger partial charge in [0.05, 0.1) is 12.5 Å². The molecule has 2 aromatic carbocycles. The van der Waals surface area contributed by atoms with E-state index in [4.69, 9.17) is 0 Å². The normalized spacial score (nSPS) is 15.6. The number of carbonyl (C=O) groups is 3. The number of carbonyl (C=O) groups excluding carboxylic acids is 3. The van der Waals surface area contributed by atoms with Crippen LogP contribution in [0.5, 0.6) is 0 Å². The maximum atomic E-state index is 12.4. The number of nitrogens with zero attached hydrogens (tertiary/aromatic N) is 1. The van der Waals surface area contributed by atoms with Crippen LogP contribution >= 0.6 is 15.9 Å². The van der Waals surface area contributed by atoms with E-state index in [2.05, 4.69) is 26.8 Å². The van der Waals surface area contributed by atoms with Crippen LogP contribution in [0.15, 0.2) is 53.0 Å². The Morgan fingerprint density at radius 2 is 1.78 bits per heavy atom. The Morgan fingerprint density at radius 1 is 1.07 bits per heavy atom. The molecule has 140 valence electrons. The first-order valence-electron chi connectivity index (χ1n) is 8.65. The van der Waals surface area contributed by atoms with Gasteiger partial charge in [-0.2, -0.15) is 0 Å². The first-order valence-corrected chi connectivity index (χ1v) is 9.45. The molecule has 7 heteroatoms. The van der Waals surface area contributed by atoms with Gasteiger partial charge in [-0.3, -0.25) is 25.2 Å². The molecule has 1 atom stereocenters. The monoisotopic (exact) mass is 429 g/mol. The van der Waals surface area contributed by atoms with Crippen molar-refractivity contribution in [2.45, 2.75) is 25.8 Å². The molecule has 1 unspecified atom stereocenters. The summed E-state index contributed by atoms with van der Waals surface area (Å²) in [7, 11) is 0. The van der Waals surface area contributed by atoms with E-state index in [-0.39, 0.29) is 24.3 Å². The fourth-order valence-electron chi connectivity index (χ4n) is 3.28. The fourth-order valence-corrected chi connectivity index (χ4v) is 3.54. The van der Waals surface area contributed by atoms with Crippen molar-refractivity contribution >= 4 is 33.7 Å². The number of hydrogen-bond acceptors (Lipinski definition) is 3. The zero-order valence-electron chi connectivity index (χ0n) is 14.9. The maximum Gasteiger partial charge on any atom is 0.269 e. The van der Waals surface area contributed by atoms with E-state index in [1.165, 1.54) is 6.92 Å². The van der Waals surface area contributed by atoms with Crippen molar-refractivity contribution < 1.29 is 14.4 Å². The number of hydrazine groups is 1. The second kappa shape index (κ2) is 8.35. The summed E-state index contributed by atoms with van der Waals surface area (Å²) in [6.45, 7) is 2.09. The van der Waals surface area contributed by atoms with Crippen LogP contribution in [-0.2, 0) is 16.0 Å². The lowest BCUT2D eigenvalue weighted by molar-refractivity contribution is -0.133. The molecule has 3 amide bonds. The van der Waals surface area contributed by atoms with Crippen LogP contribution < -0.4 is 10.9 Å². The standard InChI is InChI=1S/C20H20BrN3O3/c1-13(25)24-11-10-14-4-2-3-5-17(14)18(24)12-19(26)22-23-20(27)15-6-8-16(21)9-7-15/h2-9,18H,10-12H2,1H3,(H,22,26)(H,23,27). The number of amides is 3. The van der Waals surface area contributed by atoms with Crippen LogP contribution in [0.4, 0.5) is 0 Å². The van der Waals surface area contributed by atoms with Gasteiger partial charge in [0.2, 0.25) is 11.8 Å². The molecule has 0 aromatic heterocycles. The summed E-state index contributed by atoms with van der Waals surface area (Å²) in [6.07, 6.45) is 0.853. The number of rotatable bonds is 3. The SMILES string of the molecule is CC(=O)N1CCc2ccccc2C1CC(=O)NNC(=O)c1ccc(Br)cc1. The summed E-state index contributed by atoms with van der Waals surface area (Å²) < 4.78 is 0.864. The summed E-state index contributed by atoms with van der Waals surface area (Å²) in [4.78, 5) is 38.2. The van der Waals surface area contributed by atoms with Crippen molar-refractivity contribution in [2.75, 3.05) is 6.54 Å². The lowest BCUT2D eigenvalue weighted by Crippen LogP contribution is -2.45. The van der Waals surface area contributed by atoms with Gasteiger partial charge in [-0.1, -0.05) is 40.2 Å². The average molecular weight is 430 g/mol. The smallest absolute Gasteiger partial charge is 0.269 e. The molecule has 0 aliphatic carbocycles. The minimum Gasteiger partial charge on any atom is -0.335 e. The van der Waals surface area contributed by atoms with Crippen molar-refractivity contribution in [1.29, 1.82) is 0 Å². The third kappa shape index (κ3) is 4.54. The molecule has 0 fully saturated rings. The van der Waals surface area contributed by atoms with E-state index in [1.807, 2.05) is 24.3 Å². The molecular weight excluding hydrogens is 410 g/mol. The Kier molecular flexibility index (Phi) is 5.91. The van der Waals surface area contributed by atoms with Gasteiger partial charge in [-0.25, -0.2) is 0 Å². The Hall–Kier alpha value is -2.67. The molecule has 3 rings (SSSR count). The lowest BCUT2D eigenvalue weighted by Gasteiger charge is -2.36. The largest absolute Gasteiger partial charge is 0.335 e. The molecule has 6 nitrogen and oxygen atoms in total. The molecule has 2 aromatic rings. The predicted molar refractivity (Wildman–Crippen MR) is 105 cm³/mol. The van der Waals surface area contributed by atoms with Crippen LogP contribution in [0, 0.1) is 0 Å². The second-order valence-electron chi connectivity index (χ2n) is 6.39. The van der Waals surface area contributed by atoms with E-state index in [0.29, 0.717) is 12.1 Å². The highest BCUT2D eigenvalue weighted by molar-refractivity contribution is 9.10. The van der Waals surface area contributed by atoms with Crippen molar-refractivity contribution in [3.8, 4) is 0 Å². The average Bonchev–Trinajstić information content (AvgIpc) is 2.66. The van der Waals surface area contributed by atoms with Crippen molar-refractivity contribution in [3.05, 3.63) is 69.7 Å². The number of nitrogens with one attached hydrogen (secondary N) is 2.